The lowest BCUT2D eigenvalue weighted by molar-refractivity contribution is -0.141. The molecule has 0 atom stereocenters. The van der Waals surface area contributed by atoms with Gasteiger partial charge in [-0.3, -0.25) is 19.6 Å². The van der Waals surface area contributed by atoms with Gasteiger partial charge in [0.05, 0.1) is 16.6 Å². The van der Waals surface area contributed by atoms with Gasteiger partial charge in [-0.05, 0) is 79.8 Å². The molecule has 0 spiro atoms. The molecule has 39 heavy (non-hydrogen) atoms. The molecule has 0 aliphatic carbocycles. The fourth-order valence-corrected chi connectivity index (χ4v) is 4.86. The molecule has 3 heterocycles. The first-order chi connectivity index (χ1) is 18.6. The lowest BCUT2D eigenvalue weighted by Gasteiger charge is -2.32. The number of aromatic hydroxyl groups is 1. The van der Waals surface area contributed by atoms with Crippen molar-refractivity contribution in [2.45, 2.75) is 31.9 Å². The van der Waals surface area contributed by atoms with E-state index in [1.165, 1.54) is 12.1 Å². The normalized spacial score (nSPS) is 14.4. The van der Waals surface area contributed by atoms with Crippen LogP contribution in [0.5, 0.6) is 5.75 Å². The van der Waals surface area contributed by atoms with E-state index in [0.717, 1.165) is 23.9 Å². The molecule has 4 aromatic rings. The third-order valence-electron chi connectivity index (χ3n) is 6.89. The summed E-state index contributed by atoms with van der Waals surface area (Å²) in [5.74, 6) is -0.386. The molecule has 1 saturated heterocycles. The van der Waals surface area contributed by atoms with E-state index in [-0.39, 0.29) is 29.0 Å². The fourth-order valence-electron chi connectivity index (χ4n) is 4.86. The van der Waals surface area contributed by atoms with Crippen molar-refractivity contribution < 1.29 is 27.9 Å². The minimum absolute atomic E-state index is 0.0512. The number of amides is 2. The van der Waals surface area contributed by atoms with Gasteiger partial charge in [-0.2, -0.15) is 13.2 Å². The summed E-state index contributed by atoms with van der Waals surface area (Å²) in [5.41, 5.74) is 2.52. The van der Waals surface area contributed by atoms with E-state index in [1.54, 1.807) is 24.0 Å². The van der Waals surface area contributed by atoms with E-state index in [0.29, 0.717) is 53.8 Å². The molecule has 2 amide bonds. The highest BCUT2D eigenvalue weighted by Gasteiger charge is 2.33. The van der Waals surface area contributed by atoms with E-state index in [1.807, 2.05) is 24.3 Å². The molecule has 0 unspecified atom stereocenters. The number of alkyl halides is 3. The Kier molecular flexibility index (Phi) is 6.94. The van der Waals surface area contributed by atoms with Gasteiger partial charge in [0.1, 0.15) is 11.4 Å². The highest BCUT2D eigenvalue weighted by atomic mass is 19.4. The van der Waals surface area contributed by atoms with Gasteiger partial charge < -0.3 is 15.3 Å². The van der Waals surface area contributed by atoms with Crippen LogP contribution < -0.4 is 5.32 Å². The minimum Gasteiger partial charge on any atom is -0.508 e. The van der Waals surface area contributed by atoms with Crippen LogP contribution in [-0.4, -0.2) is 44.9 Å². The highest BCUT2D eigenvalue weighted by Crippen LogP contribution is 2.31. The first-order valence-electron chi connectivity index (χ1n) is 12.4. The van der Waals surface area contributed by atoms with Crippen molar-refractivity contribution in [3.63, 3.8) is 0 Å². The van der Waals surface area contributed by atoms with Crippen molar-refractivity contribution in [2.24, 2.45) is 0 Å². The van der Waals surface area contributed by atoms with Gasteiger partial charge in [0.25, 0.3) is 11.8 Å². The van der Waals surface area contributed by atoms with Crippen LogP contribution in [0, 0.1) is 6.92 Å². The molecule has 0 saturated carbocycles. The fraction of sp³-hybridized carbons (Fsp3) is 0.241. The number of nitrogens with zero attached hydrogens (tertiary/aromatic N) is 3. The number of fused-ring (bicyclic) bond motifs is 1. The third-order valence-corrected chi connectivity index (χ3v) is 6.89. The van der Waals surface area contributed by atoms with Crippen LogP contribution in [0.4, 0.5) is 18.9 Å². The quantitative estimate of drug-likeness (QED) is 0.338. The van der Waals surface area contributed by atoms with Crippen LogP contribution in [0.15, 0.2) is 66.9 Å². The lowest BCUT2D eigenvalue weighted by atomic mass is 9.89. The van der Waals surface area contributed by atoms with E-state index in [2.05, 4.69) is 15.3 Å². The molecule has 2 aromatic heterocycles. The third kappa shape index (κ3) is 5.69. The zero-order valence-corrected chi connectivity index (χ0v) is 21.0. The van der Waals surface area contributed by atoms with E-state index in [4.69, 9.17) is 0 Å². The SMILES string of the molecule is Cc1cc(C(=O)Nc2ccc(C3CCN(C(=O)c4ccc(C(F)(F)F)nc4)CC3)cc2)c2cc(O)ccc2n1. The zero-order valence-electron chi connectivity index (χ0n) is 21.0. The number of likely N-dealkylation sites (tertiary alicyclic amines) is 1. The molecule has 1 aliphatic heterocycles. The van der Waals surface area contributed by atoms with Crippen LogP contribution in [0.1, 0.15) is 56.4 Å². The average Bonchev–Trinajstić information content (AvgIpc) is 2.92. The van der Waals surface area contributed by atoms with Gasteiger partial charge >= 0.3 is 6.18 Å². The van der Waals surface area contributed by atoms with Crippen LogP contribution in [0.25, 0.3) is 10.9 Å². The monoisotopic (exact) mass is 534 g/mol. The molecule has 1 fully saturated rings. The Balaban J connectivity index is 1.21. The number of nitrogens with one attached hydrogen (secondary N) is 1. The maximum Gasteiger partial charge on any atom is 0.433 e. The van der Waals surface area contributed by atoms with Gasteiger partial charge in [-0.25, -0.2) is 0 Å². The van der Waals surface area contributed by atoms with Crippen molar-refractivity contribution in [3.05, 3.63) is 94.9 Å². The summed E-state index contributed by atoms with van der Waals surface area (Å²) in [5, 5.41) is 13.3. The summed E-state index contributed by atoms with van der Waals surface area (Å²) in [6.07, 6.45) is -2.16. The topological polar surface area (TPSA) is 95.4 Å². The number of phenols is 1. The second-order valence-corrected chi connectivity index (χ2v) is 9.59. The van der Waals surface area contributed by atoms with E-state index < -0.39 is 11.9 Å². The Morgan fingerprint density at radius 1 is 1.00 bits per heavy atom. The number of carbonyl (C=O) groups is 2. The van der Waals surface area contributed by atoms with Crippen LogP contribution in [-0.2, 0) is 6.18 Å². The van der Waals surface area contributed by atoms with Gasteiger partial charge in [0.15, 0.2) is 0 Å². The number of aromatic nitrogens is 2. The minimum atomic E-state index is -4.55. The maximum atomic E-state index is 13.0. The smallest absolute Gasteiger partial charge is 0.433 e. The number of hydrogen-bond acceptors (Lipinski definition) is 5. The van der Waals surface area contributed by atoms with Crippen LogP contribution in [0.2, 0.25) is 0 Å². The number of rotatable bonds is 4. The van der Waals surface area contributed by atoms with Gasteiger partial charge in [-0.1, -0.05) is 12.1 Å². The Bertz CT molecular complexity index is 1530. The Labute approximate surface area is 222 Å². The standard InChI is InChI=1S/C29H25F3N4O3/c1-17-14-24(23-15-22(37)7-8-25(23)34-17)27(38)35-21-5-2-18(3-6-21)19-10-12-36(13-11-19)28(39)20-4-9-26(33-16-20)29(30,31)32/h2-9,14-16,19,37H,10-13H2,1H3,(H,35,38). The summed E-state index contributed by atoms with van der Waals surface area (Å²) in [4.78, 5) is 35.2. The van der Waals surface area contributed by atoms with Crippen molar-refractivity contribution in [1.82, 2.24) is 14.9 Å². The summed E-state index contributed by atoms with van der Waals surface area (Å²) < 4.78 is 38.2. The number of hydrogen-bond donors (Lipinski definition) is 2. The number of pyridine rings is 2. The molecule has 0 bridgehead atoms. The van der Waals surface area contributed by atoms with E-state index >= 15 is 0 Å². The van der Waals surface area contributed by atoms with Crippen LogP contribution in [0.3, 0.4) is 0 Å². The molecular formula is C29H25F3N4O3. The number of anilines is 1. The second-order valence-electron chi connectivity index (χ2n) is 9.59. The number of benzene rings is 2. The molecule has 5 rings (SSSR count). The molecular weight excluding hydrogens is 509 g/mol. The molecule has 200 valence electrons. The van der Waals surface area contributed by atoms with Crippen molar-refractivity contribution in [2.75, 3.05) is 18.4 Å². The van der Waals surface area contributed by atoms with Crippen molar-refractivity contribution in [3.8, 4) is 5.75 Å². The lowest BCUT2D eigenvalue weighted by Crippen LogP contribution is -2.38. The zero-order chi connectivity index (χ0) is 27.7. The Morgan fingerprint density at radius 2 is 1.72 bits per heavy atom. The average molecular weight is 535 g/mol. The summed E-state index contributed by atoms with van der Waals surface area (Å²) >= 11 is 0. The van der Waals surface area contributed by atoms with E-state index in [9.17, 15) is 27.9 Å². The molecule has 2 N–H and O–H groups in total. The number of piperidine rings is 1. The Morgan fingerprint density at radius 3 is 2.36 bits per heavy atom. The second kappa shape index (κ2) is 10.4. The first kappa shape index (κ1) is 26.1. The van der Waals surface area contributed by atoms with Crippen LogP contribution >= 0.6 is 0 Å². The summed E-state index contributed by atoms with van der Waals surface area (Å²) in [6.45, 7) is 2.76. The van der Waals surface area contributed by atoms with Gasteiger partial charge in [0.2, 0.25) is 0 Å². The largest absolute Gasteiger partial charge is 0.508 e. The predicted octanol–water partition coefficient (Wildman–Crippen LogP) is 5.93. The van der Waals surface area contributed by atoms with Gasteiger partial charge in [-0.15, -0.1) is 0 Å². The maximum absolute atomic E-state index is 13.0. The summed E-state index contributed by atoms with van der Waals surface area (Å²) in [7, 11) is 0. The molecule has 10 heteroatoms. The highest BCUT2D eigenvalue weighted by molar-refractivity contribution is 6.12. The van der Waals surface area contributed by atoms with Crippen molar-refractivity contribution >= 4 is 28.4 Å². The number of carbonyl (C=O) groups excluding carboxylic acids is 2. The summed E-state index contributed by atoms with van der Waals surface area (Å²) in [6, 6.07) is 15.9. The molecule has 0 radical (unpaired) electrons. The van der Waals surface area contributed by atoms with Crippen molar-refractivity contribution in [1.29, 1.82) is 0 Å². The number of aryl methyl sites for hydroxylation is 1. The number of halogens is 3. The first-order valence-corrected chi connectivity index (χ1v) is 12.4. The molecule has 2 aromatic carbocycles. The molecule has 1 aliphatic rings. The molecule has 7 nitrogen and oxygen atoms in total. The van der Waals surface area contributed by atoms with Gasteiger partial charge in [0, 0.05) is 36.1 Å². The predicted molar refractivity (Wildman–Crippen MR) is 140 cm³/mol. The number of phenolic OH excluding ortho intramolecular Hbond substituents is 1. The Hall–Kier alpha value is -4.47.